The quantitative estimate of drug-likeness (QED) is 0.406. The Hall–Kier alpha value is -2.93. The zero-order valence-corrected chi connectivity index (χ0v) is 18.1. The Kier molecular flexibility index (Phi) is 4.72. The summed E-state index contributed by atoms with van der Waals surface area (Å²) in [4.78, 5) is 0.0210. The molecule has 1 aliphatic rings. The number of alkyl halides is 6. The molecule has 0 aliphatic heterocycles. The van der Waals surface area contributed by atoms with Crippen molar-refractivity contribution in [2.24, 2.45) is 7.05 Å². The predicted octanol–water partition coefficient (Wildman–Crippen LogP) is 6.57. The summed E-state index contributed by atoms with van der Waals surface area (Å²) in [6.07, 6.45) is 0. The van der Waals surface area contributed by atoms with E-state index in [1.807, 2.05) is 0 Å². The van der Waals surface area contributed by atoms with Crippen molar-refractivity contribution in [2.75, 3.05) is 7.11 Å². The first-order chi connectivity index (χ1) is 14.8. The molecule has 1 aromatic carbocycles. The van der Waals surface area contributed by atoms with Crippen LogP contribution in [0.1, 0.15) is 26.6 Å². The Morgan fingerprint density at radius 2 is 1.62 bits per heavy atom. The second kappa shape index (κ2) is 6.78. The summed E-state index contributed by atoms with van der Waals surface area (Å²) >= 11 is 0.775. The largest absolute Gasteiger partial charge is 0.497 e. The maximum absolute atomic E-state index is 15.2. The minimum Gasteiger partial charge on any atom is -0.497 e. The summed E-state index contributed by atoms with van der Waals surface area (Å²) < 4.78 is 96.5. The zero-order valence-electron chi connectivity index (χ0n) is 17.3. The van der Waals surface area contributed by atoms with Crippen molar-refractivity contribution in [3.05, 3.63) is 50.8 Å². The first kappa shape index (κ1) is 22.3. The average Bonchev–Trinajstić information content (AvgIpc) is 3.25. The Balaban J connectivity index is 2.22. The molecular weight excluding hydrogens is 454 g/mol. The topological polar surface area (TPSA) is 37.9 Å². The Morgan fingerprint density at radius 3 is 2.19 bits per heavy atom. The van der Waals surface area contributed by atoms with Gasteiger partial charge in [0.25, 0.3) is 0 Å². The fourth-order valence-electron chi connectivity index (χ4n) is 4.19. The average molecular weight is 470 g/mol. The lowest BCUT2D eigenvalue weighted by Crippen LogP contribution is -2.49. The maximum Gasteiger partial charge on any atom is 0.380 e. The molecule has 0 radical (unpaired) electrons. The molecule has 0 N–H and O–H groups in total. The molecule has 0 unspecified atom stereocenters. The van der Waals surface area contributed by atoms with Gasteiger partial charge in [0.05, 0.1) is 7.11 Å². The van der Waals surface area contributed by atoms with Gasteiger partial charge < -0.3 is 9.30 Å². The standard InChI is InChI=1S/C22H16F6N2OS/c1-10-17(15-7-12(31-4)5-6-16(15)30(10)3)19-18(14-8-13(9-29)32-11(14)2)20(23,24)22(27,28)21(19,25)26/h5-8H,1-4H3. The fraction of sp³-hybridized carbons (Fsp3) is 0.318. The minimum absolute atomic E-state index is 0.0463. The van der Waals surface area contributed by atoms with E-state index in [4.69, 9.17) is 10.00 Å². The summed E-state index contributed by atoms with van der Waals surface area (Å²) in [6.45, 7) is 2.73. The van der Waals surface area contributed by atoms with E-state index < -0.39 is 40.0 Å². The van der Waals surface area contributed by atoms with Crippen LogP contribution in [-0.4, -0.2) is 29.4 Å². The number of methoxy groups -OCH3 is 1. The second-order valence-corrected chi connectivity index (χ2v) is 8.82. The van der Waals surface area contributed by atoms with Crippen molar-refractivity contribution in [3.8, 4) is 11.8 Å². The lowest BCUT2D eigenvalue weighted by atomic mass is 9.93. The fourth-order valence-corrected chi connectivity index (χ4v) is 5.01. The lowest BCUT2D eigenvalue weighted by Gasteiger charge is -2.26. The molecule has 0 fully saturated rings. The molecule has 0 spiro atoms. The minimum atomic E-state index is -5.67. The van der Waals surface area contributed by atoms with Crippen molar-refractivity contribution >= 4 is 33.4 Å². The summed E-state index contributed by atoms with van der Waals surface area (Å²) in [5.74, 6) is -15.8. The van der Waals surface area contributed by atoms with Crippen LogP contribution in [0.5, 0.6) is 5.75 Å². The van der Waals surface area contributed by atoms with Crippen LogP contribution in [0.2, 0.25) is 0 Å². The molecular formula is C22H16F6N2OS. The van der Waals surface area contributed by atoms with E-state index >= 15 is 17.6 Å². The van der Waals surface area contributed by atoms with Gasteiger partial charge >= 0.3 is 17.8 Å². The van der Waals surface area contributed by atoms with Gasteiger partial charge in [-0.05, 0) is 43.7 Å². The molecule has 0 saturated carbocycles. The van der Waals surface area contributed by atoms with Gasteiger partial charge in [0.2, 0.25) is 0 Å². The van der Waals surface area contributed by atoms with Crippen LogP contribution in [0.3, 0.4) is 0 Å². The molecule has 0 saturated heterocycles. The lowest BCUT2D eigenvalue weighted by molar-refractivity contribution is -0.254. The molecule has 1 aliphatic carbocycles. The summed E-state index contributed by atoms with van der Waals surface area (Å²) in [5.41, 5.74) is -3.28. The van der Waals surface area contributed by atoms with Crippen molar-refractivity contribution in [2.45, 2.75) is 31.6 Å². The van der Waals surface area contributed by atoms with Crippen LogP contribution in [0.25, 0.3) is 22.0 Å². The van der Waals surface area contributed by atoms with Gasteiger partial charge in [0, 0.05) is 45.2 Å². The summed E-state index contributed by atoms with van der Waals surface area (Å²) in [7, 11) is 2.87. The highest BCUT2D eigenvalue weighted by Crippen LogP contribution is 2.66. The van der Waals surface area contributed by atoms with Crippen LogP contribution < -0.4 is 4.74 Å². The molecule has 4 rings (SSSR count). The van der Waals surface area contributed by atoms with E-state index in [-0.39, 0.29) is 26.6 Å². The van der Waals surface area contributed by atoms with Crippen LogP contribution in [0, 0.1) is 25.2 Å². The Bertz CT molecular complexity index is 1340. The monoisotopic (exact) mass is 470 g/mol. The molecule has 3 nitrogen and oxygen atoms in total. The van der Waals surface area contributed by atoms with Crippen molar-refractivity contribution in [1.29, 1.82) is 5.26 Å². The second-order valence-electron chi connectivity index (χ2n) is 7.57. The SMILES string of the molecule is COc1ccc2c(c1)c(C1=C(c3cc(C#N)sc3C)C(F)(F)C(F)(F)C1(F)F)c(C)n2C. The van der Waals surface area contributed by atoms with Crippen molar-refractivity contribution in [1.82, 2.24) is 4.57 Å². The zero-order chi connectivity index (χ0) is 23.8. The van der Waals surface area contributed by atoms with Crippen LogP contribution >= 0.6 is 11.3 Å². The van der Waals surface area contributed by atoms with E-state index in [9.17, 15) is 8.78 Å². The number of thiophene rings is 1. The predicted molar refractivity (Wildman–Crippen MR) is 110 cm³/mol. The maximum atomic E-state index is 15.2. The smallest absolute Gasteiger partial charge is 0.380 e. The van der Waals surface area contributed by atoms with Gasteiger partial charge in [-0.2, -0.15) is 31.6 Å². The van der Waals surface area contributed by atoms with Crippen molar-refractivity contribution in [3.63, 3.8) is 0 Å². The van der Waals surface area contributed by atoms with Crippen LogP contribution in [0.15, 0.2) is 24.3 Å². The molecule has 0 amide bonds. The number of allylic oxidation sites excluding steroid dienone is 2. The van der Waals surface area contributed by atoms with Gasteiger partial charge in [-0.3, -0.25) is 0 Å². The van der Waals surface area contributed by atoms with E-state index in [1.54, 1.807) is 12.1 Å². The van der Waals surface area contributed by atoms with Crippen molar-refractivity contribution < 1.29 is 31.1 Å². The van der Waals surface area contributed by atoms with Gasteiger partial charge in [0.15, 0.2) is 0 Å². The van der Waals surface area contributed by atoms with E-state index in [2.05, 4.69) is 0 Å². The summed E-state index contributed by atoms with van der Waals surface area (Å²) in [6, 6.07) is 7.16. The number of benzene rings is 1. The highest BCUT2D eigenvalue weighted by molar-refractivity contribution is 7.12. The first-order valence-corrected chi connectivity index (χ1v) is 10.2. The van der Waals surface area contributed by atoms with E-state index in [0.29, 0.717) is 5.52 Å². The van der Waals surface area contributed by atoms with E-state index in [1.165, 1.54) is 44.7 Å². The number of fused-ring (bicyclic) bond motifs is 1. The van der Waals surface area contributed by atoms with Gasteiger partial charge in [-0.15, -0.1) is 11.3 Å². The molecule has 3 aromatic rings. The number of hydrogen-bond acceptors (Lipinski definition) is 3. The Labute approximate surface area is 183 Å². The third-order valence-corrected chi connectivity index (χ3v) is 6.87. The number of aromatic nitrogens is 1. The number of nitrogens with zero attached hydrogens (tertiary/aromatic N) is 2. The molecule has 168 valence electrons. The summed E-state index contributed by atoms with van der Waals surface area (Å²) in [5, 5.41) is 9.21. The molecule has 10 heteroatoms. The highest BCUT2D eigenvalue weighted by Gasteiger charge is 2.80. The highest BCUT2D eigenvalue weighted by atomic mass is 32.1. The van der Waals surface area contributed by atoms with Gasteiger partial charge in [-0.1, -0.05) is 0 Å². The number of rotatable bonds is 3. The molecule has 2 heterocycles. The molecule has 2 aromatic heterocycles. The van der Waals surface area contributed by atoms with Gasteiger partial charge in [-0.25, -0.2) is 0 Å². The first-order valence-electron chi connectivity index (χ1n) is 9.34. The number of hydrogen-bond donors (Lipinski definition) is 0. The third kappa shape index (κ3) is 2.60. The number of nitriles is 1. The third-order valence-electron chi connectivity index (χ3n) is 5.91. The Morgan fingerprint density at radius 1 is 1.00 bits per heavy atom. The van der Waals surface area contributed by atoms with Gasteiger partial charge in [0.1, 0.15) is 16.7 Å². The molecule has 0 bridgehead atoms. The van der Waals surface area contributed by atoms with Crippen LogP contribution in [-0.2, 0) is 7.05 Å². The number of halogens is 6. The van der Waals surface area contributed by atoms with Crippen LogP contribution in [0.4, 0.5) is 26.3 Å². The normalized spacial score (nSPS) is 18.9. The molecule has 0 atom stereocenters. The number of aryl methyl sites for hydroxylation is 2. The molecule has 32 heavy (non-hydrogen) atoms. The van der Waals surface area contributed by atoms with E-state index in [0.717, 1.165) is 17.4 Å². The number of ether oxygens (including phenoxy) is 1.